The molecule has 26 heavy (non-hydrogen) atoms. The van der Waals surface area contributed by atoms with Crippen molar-refractivity contribution in [2.24, 2.45) is 0 Å². The lowest BCUT2D eigenvalue weighted by Gasteiger charge is -2.07. The fourth-order valence-electron chi connectivity index (χ4n) is 2.29. The van der Waals surface area contributed by atoms with Crippen LogP contribution in [0.3, 0.4) is 0 Å². The number of hydrogen-bond donors (Lipinski definition) is 1. The molecule has 1 aromatic carbocycles. The number of nitrogens with zero attached hydrogens (tertiary/aromatic N) is 2. The summed E-state index contributed by atoms with van der Waals surface area (Å²) in [7, 11) is 0. The van der Waals surface area contributed by atoms with Crippen LogP contribution in [-0.2, 0) is 17.4 Å². The van der Waals surface area contributed by atoms with Crippen LogP contribution in [0.5, 0.6) is 0 Å². The molecule has 0 aliphatic heterocycles. The molecular formula is C16H9Cl2F4N3O. The molecule has 136 valence electrons. The molecule has 1 amide bonds. The van der Waals surface area contributed by atoms with Crippen molar-refractivity contribution >= 4 is 40.4 Å². The largest absolute Gasteiger partial charge is 0.417 e. The van der Waals surface area contributed by atoms with E-state index in [1.54, 1.807) is 0 Å². The second kappa shape index (κ2) is 6.77. The highest BCUT2D eigenvalue weighted by molar-refractivity contribution is 6.33. The lowest BCUT2D eigenvalue weighted by atomic mass is 10.2. The topological polar surface area (TPSA) is 46.4 Å². The number of alkyl halides is 3. The van der Waals surface area contributed by atoms with Gasteiger partial charge in [-0.2, -0.15) is 13.2 Å². The minimum Gasteiger partial charge on any atom is -0.326 e. The Labute approximate surface area is 154 Å². The molecule has 0 unspecified atom stereocenters. The molecule has 3 rings (SSSR count). The second-order valence-electron chi connectivity index (χ2n) is 5.39. The molecule has 0 aliphatic carbocycles. The normalized spacial score (nSPS) is 11.8. The van der Waals surface area contributed by atoms with Gasteiger partial charge in [-0.3, -0.25) is 4.79 Å². The molecule has 2 heterocycles. The first-order chi connectivity index (χ1) is 12.1. The van der Waals surface area contributed by atoms with Crippen molar-refractivity contribution in [2.45, 2.75) is 12.6 Å². The molecular weight excluding hydrogens is 397 g/mol. The van der Waals surface area contributed by atoms with Crippen molar-refractivity contribution < 1.29 is 22.4 Å². The number of pyridine rings is 1. The molecule has 0 atom stereocenters. The van der Waals surface area contributed by atoms with Gasteiger partial charge in [-0.15, -0.1) is 0 Å². The number of anilines is 1. The van der Waals surface area contributed by atoms with Crippen LogP contribution < -0.4 is 5.32 Å². The van der Waals surface area contributed by atoms with Crippen molar-refractivity contribution in [1.82, 2.24) is 9.38 Å². The molecule has 0 radical (unpaired) electrons. The predicted molar refractivity (Wildman–Crippen MR) is 88.9 cm³/mol. The van der Waals surface area contributed by atoms with Crippen LogP contribution in [0.4, 0.5) is 23.2 Å². The summed E-state index contributed by atoms with van der Waals surface area (Å²) in [6.07, 6.45) is -2.64. The fraction of sp³-hybridized carbons (Fsp3) is 0.125. The smallest absolute Gasteiger partial charge is 0.326 e. The number of aromatic nitrogens is 2. The van der Waals surface area contributed by atoms with E-state index in [9.17, 15) is 22.4 Å². The first kappa shape index (κ1) is 18.5. The number of halogens is 6. The number of carbonyl (C=O) groups is 1. The number of nitrogens with one attached hydrogen (secondary N) is 1. The number of amides is 1. The summed E-state index contributed by atoms with van der Waals surface area (Å²) in [5.74, 6) is -1.12. The van der Waals surface area contributed by atoms with Gasteiger partial charge < -0.3 is 9.72 Å². The van der Waals surface area contributed by atoms with Gasteiger partial charge in [0.15, 0.2) is 5.65 Å². The highest BCUT2D eigenvalue weighted by atomic mass is 35.5. The summed E-state index contributed by atoms with van der Waals surface area (Å²) in [6.45, 7) is 0. The molecule has 0 bridgehead atoms. The maximum atomic E-state index is 13.1. The third-order valence-electron chi connectivity index (χ3n) is 3.43. The molecule has 0 fully saturated rings. The van der Waals surface area contributed by atoms with E-state index < -0.39 is 23.5 Å². The molecule has 0 saturated carbocycles. The Bertz CT molecular complexity index is 1000. The van der Waals surface area contributed by atoms with Crippen LogP contribution in [0, 0.1) is 5.82 Å². The number of rotatable bonds is 3. The Morgan fingerprint density at radius 1 is 1.15 bits per heavy atom. The first-order valence-electron chi connectivity index (χ1n) is 7.13. The Kier molecular flexibility index (Phi) is 4.81. The maximum absolute atomic E-state index is 13.1. The maximum Gasteiger partial charge on any atom is 0.417 e. The molecule has 3 aromatic rings. The average Bonchev–Trinajstić information content (AvgIpc) is 2.93. The number of fused-ring (bicyclic) bond motifs is 1. The van der Waals surface area contributed by atoms with Crippen LogP contribution in [0.15, 0.2) is 36.7 Å². The number of benzene rings is 1. The van der Waals surface area contributed by atoms with Gasteiger partial charge in [0.25, 0.3) is 0 Å². The molecule has 0 spiro atoms. The van der Waals surface area contributed by atoms with Gasteiger partial charge in [0, 0.05) is 18.1 Å². The van der Waals surface area contributed by atoms with Crippen molar-refractivity contribution in [2.75, 3.05) is 5.32 Å². The molecule has 0 aliphatic rings. The highest BCUT2D eigenvalue weighted by Gasteiger charge is 2.32. The predicted octanol–water partition coefficient (Wildman–Crippen LogP) is 4.98. The SMILES string of the molecule is O=C(Cc1cn2cc(C(F)(F)F)cc(Cl)c2n1)Nc1ccc(F)c(Cl)c1. The van der Waals surface area contributed by atoms with E-state index in [4.69, 9.17) is 23.2 Å². The minimum absolute atomic E-state index is 0.104. The summed E-state index contributed by atoms with van der Waals surface area (Å²) < 4.78 is 52.7. The zero-order valence-corrected chi connectivity index (χ0v) is 14.3. The molecule has 4 nitrogen and oxygen atoms in total. The van der Waals surface area contributed by atoms with Gasteiger partial charge in [0.1, 0.15) is 5.82 Å². The van der Waals surface area contributed by atoms with Gasteiger partial charge in [0.2, 0.25) is 5.91 Å². The summed E-state index contributed by atoms with van der Waals surface area (Å²) in [6, 6.07) is 4.44. The van der Waals surface area contributed by atoms with E-state index in [2.05, 4.69) is 10.3 Å². The molecule has 2 aromatic heterocycles. The summed E-state index contributed by atoms with van der Waals surface area (Å²) in [4.78, 5) is 16.1. The monoisotopic (exact) mass is 405 g/mol. The van der Waals surface area contributed by atoms with Crippen LogP contribution in [0.2, 0.25) is 10.0 Å². The minimum atomic E-state index is -4.55. The van der Waals surface area contributed by atoms with Gasteiger partial charge in [-0.05, 0) is 24.3 Å². The Balaban J connectivity index is 1.81. The third-order valence-corrected chi connectivity index (χ3v) is 4.00. The van der Waals surface area contributed by atoms with E-state index in [0.29, 0.717) is 0 Å². The van der Waals surface area contributed by atoms with Crippen molar-refractivity contribution in [3.8, 4) is 0 Å². The van der Waals surface area contributed by atoms with Crippen molar-refractivity contribution in [3.05, 3.63) is 63.8 Å². The van der Waals surface area contributed by atoms with Crippen LogP contribution in [0.1, 0.15) is 11.3 Å². The molecule has 10 heteroatoms. The van der Waals surface area contributed by atoms with Crippen molar-refractivity contribution in [3.63, 3.8) is 0 Å². The lowest BCUT2D eigenvalue weighted by Crippen LogP contribution is -2.14. The Morgan fingerprint density at radius 3 is 2.54 bits per heavy atom. The third kappa shape index (κ3) is 3.91. The average molecular weight is 406 g/mol. The highest BCUT2D eigenvalue weighted by Crippen LogP contribution is 2.32. The van der Waals surface area contributed by atoms with Gasteiger partial charge in [-0.25, -0.2) is 9.37 Å². The number of hydrogen-bond acceptors (Lipinski definition) is 2. The summed E-state index contributed by atoms with van der Waals surface area (Å²) in [5.41, 5.74) is -0.323. The van der Waals surface area contributed by atoms with Crippen LogP contribution in [-0.4, -0.2) is 15.3 Å². The Hall–Kier alpha value is -2.32. The molecule has 1 N–H and O–H groups in total. The number of imidazole rings is 1. The molecule has 0 saturated heterocycles. The van der Waals surface area contributed by atoms with E-state index in [0.717, 1.165) is 22.7 Å². The quantitative estimate of drug-likeness (QED) is 0.624. The lowest BCUT2D eigenvalue weighted by molar-refractivity contribution is -0.137. The zero-order valence-electron chi connectivity index (χ0n) is 12.7. The zero-order chi connectivity index (χ0) is 19.1. The van der Waals surface area contributed by atoms with Crippen LogP contribution in [0.25, 0.3) is 5.65 Å². The summed E-state index contributed by atoms with van der Waals surface area (Å²) >= 11 is 11.5. The standard InChI is InChI=1S/C16H9Cl2F4N3O/c17-11-4-9(1-2-13(11)19)23-14(26)5-10-7-25-6-8(16(20,21)22)3-12(18)15(25)24-10/h1-4,6-7H,5H2,(H,23,26). The van der Waals surface area contributed by atoms with Gasteiger partial charge >= 0.3 is 6.18 Å². The Morgan fingerprint density at radius 2 is 1.88 bits per heavy atom. The van der Waals surface area contributed by atoms with E-state index >= 15 is 0 Å². The van der Waals surface area contributed by atoms with E-state index in [-0.39, 0.29) is 33.5 Å². The fourth-order valence-corrected chi connectivity index (χ4v) is 2.73. The first-order valence-corrected chi connectivity index (χ1v) is 7.88. The van der Waals surface area contributed by atoms with Crippen LogP contribution >= 0.6 is 23.2 Å². The van der Waals surface area contributed by atoms with E-state index in [1.807, 2.05) is 0 Å². The number of carbonyl (C=O) groups excluding carboxylic acids is 1. The summed E-state index contributed by atoms with van der Waals surface area (Å²) in [5, 5.41) is 2.17. The van der Waals surface area contributed by atoms with Crippen molar-refractivity contribution in [1.29, 1.82) is 0 Å². The van der Waals surface area contributed by atoms with E-state index in [1.165, 1.54) is 18.3 Å². The second-order valence-corrected chi connectivity index (χ2v) is 6.21. The van der Waals surface area contributed by atoms with Gasteiger partial charge in [-0.1, -0.05) is 23.2 Å². The van der Waals surface area contributed by atoms with Gasteiger partial charge in [0.05, 0.1) is 27.7 Å².